The zero-order valence-corrected chi connectivity index (χ0v) is 41.5. The van der Waals surface area contributed by atoms with Crippen molar-refractivity contribution in [2.24, 2.45) is 9.98 Å². The van der Waals surface area contributed by atoms with Crippen LogP contribution in [0.2, 0.25) is 10.0 Å². The van der Waals surface area contributed by atoms with Crippen molar-refractivity contribution in [2.75, 3.05) is 26.3 Å². The maximum absolute atomic E-state index is 13.1. The number of carbonyl (C=O) groups is 2. The summed E-state index contributed by atoms with van der Waals surface area (Å²) < 4.78 is 4.83. The number of hydrogen-bond acceptors (Lipinski definition) is 9. The molecule has 0 aliphatic carbocycles. The van der Waals surface area contributed by atoms with Gasteiger partial charge in [0.15, 0.2) is 0 Å². The molecule has 0 amide bonds. The van der Waals surface area contributed by atoms with Gasteiger partial charge in [-0.3, -0.25) is 9.98 Å². The van der Waals surface area contributed by atoms with Crippen molar-refractivity contribution >= 4 is 47.6 Å². The molecule has 12 heteroatoms. The molecular formula is C50H64Cl2MnN2O7-4. The Morgan fingerprint density at radius 2 is 0.887 bits per heavy atom. The summed E-state index contributed by atoms with van der Waals surface area (Å²) in [7, 11) is 0. The number of aliphatic imine (C=N–C) groups is 2. The molecule has 4 aromatic carbocycles. The summed E-state index contributed by atoms with van der Waals surface area (Å²) >= 11 is 11.0. The van der Waals surface area contributed by atoms with Crippen LogP contribution in [-0.4, -0.2) is 50.7 Å². The maximum atomic E-state index is 13.1. The average molecular weight is 931 g/mol. The van der Waals surface area contributed by atoms with Crippen LogP contribution in [0.5, 0.6) is 11.5 Å². The van der Waals surface area contributed by atoms with Gasteiger partial charge in [-0.2, -0.15) is 0 Å². The molecule has 0 atom stereocenters. The summed E-state index contributed by atoms with van der Waals surface area (Å²) in [5.41, 5.74) is 4.71. The van der Waals surface area contributed by atoms with Gasteiger partial charge in [-0.1, -0.05) is 166 Å². The van der Waals surface area contributed by atoms with Crippen molar-refractivity contribution in [3.05, 3.63) is 127 Å². The molecule has 0 saturated carbocycles. The molecule has 4 aromatic rings. The van der Waals surface area contributed by atoms with E-state index in [0.29, 0.717) is 34.3 Å². The van der Waals surface area contributed by atoms with E-state index < -0.39 is 11.9 Å². The molecule has 62 heavy (non-hydrogen) atoms. The summed E-state index contributed by atoms with van der Waals surface area (Å²) in [6.07, 6.45) is 3.36. The Bertz CT molecular complexity index is 1960. The van der Waals surface area contributed by atoms with Crippen LogP contribution in [0, 0.1) is 0 Å². The van der Waals surface area contributed by atoms with E-state index in [-0.39, 0.29) is 61.4 Å². The third-order valence-electron chi connectivity index (χ3n) is 8.93. The zero-order valence-electron chi connectivity index (χ0n) is 38.8. The van der Waals surface area contributed by atoms with Gasteiger partial charge in [0.05, 0.1) is 25.0 Å². The first kappa shape index (κ1) is 57.8. The number of carbonyl (C=O) groups excluding carboxylic acids is 2. The van der Waals surface area contributed by atoms with Crippen molar-refractivity contribution in [2.45, 2.75) is 119 Å². The van der Waals surface area contributed by atoms with Crippen LogP contribution in [0.4, 0.5) is 0 Å². The third-order valence-corrected chi connectivity index (χ3v) is 9.40. The number of aromatic carboxylic acids is 2. The number of halogens is 2. The second kappa shape index (κ2) is 25.8. The van der Waals surface area contributed by atoms with E-state index in [0.717, 1.165) is 35.5 Å². The van der Waals surface area contributed by atoms with Gasteiger partial charge in [0.2, 0.25) is 0 Å². The van der Waals surface area contributed by atoms with E-state index in [4.69, 9.17) is 27.9 Å². The minimum Gasteiger partial charge on any atom is -0.872 e. The molecule has 0 bridgehead atoms. The molecule has 0 heterocycles. The van der Waals surface area contributed by atoms with Crippen LogP contribution in [-0.2, 0) is 43.5 Å². The predicted molar refractivity (Wildman–Crippen MR) is 245 cm³/mol. The van der Waals surface area contributed by atoms with E-state index in [2.05, 4.69) is 93.1 Å². The molecule has 1 radical (unpaired) electrons. The third kappa shape index (κ3) is 20.3. The Labute approximate surface area is 391 Å². The van der Waals surface area contributed by atoms with E-state index in [1.54, 1.807) is 36.7 Å². The topological polar surface area (TPSA) is 160 Å². The molecule has 341 valence electrons. The number of nitrogens with zero attached hydrogens (tertiary/aromatic N) is 2. The first-order valence-electron chi connectivity index (χ1n) is 20.3. The molecule has 0 aliphatic heterocycles. The van der Waals surface area contributed by atoms with Crippen molar-refractivity contribution < 1.29 is 51.8 Å². The normalized spacial score (nSPS) is 11.7. The van der Waals surface area contributed by atoms with Gasteiger partial charge in [0.25, 0.3) is 0 Å². The fourth-order valence-electron chi connectivity index (χ4n) is 5.35. The molecule has 0 fully saturated rings. The first-order valence-corrected chi connectivity index (χ1v) is 21.0. The van der Waals surface area contributed by atoms with Gasteiger partial charge in [-0.25, -0.2) is 0 Å². The minimum absolute atomic E-state index is 0. The monoisotopic (exact) mass is 929 g/mol. The number of benzene rings is 4. The standard InChI is InChI=1S/C32H48N2O2.2C7H5ClO2.C4H10O.Mn/c1-29(2,3)23-15-21(27(35)25(17-23)31(7,8)9)19-33-13-14-34-20-22-16-24(30(4,5)6)18-26(28(22)36)32(10,11)12;2*8-6-3-1-2-5(4-6)7(9)10;1-3-5-4-2;/h15-20,35-36H,13-14H2,1-12H3;2*1-4H,(H,9,10);3-4H2,1-2H3;/p-4. The van der Waals surface area contributed by atoms with Gasteiger partial charge in [-0.05, 0) is 104 Å². The molecular weight excluding hydrogens is 866 g/mol. The maximum Gasteiger partial charge on any atom is 0.0715 e. The fraction of sp³-hybridized carbons (Fsp3) is 0.440. The SMILES string of the molecule is CC(C)(C)c1cc(C=NCCN=Cc2cc(C(C)(C)C)cc(C(C)(C)C)c2[O-])c([O-])c(C(C)(C)C)c1.CCOCC.O=C([O-])c1cccc(Cl)c1.O=C([O-])c1cccc(Cl)c1.[Mn]. The van der Waals surface area contributed by atoms with E-state index in [9.17, 15) is 30.0 Å². The van der Waals surface area contributed by atoms with Gasteiger partial charge in [0.1, 0.15) is 0 Å². The number of hydrogen-bond donors (Lipinski definition) is 0. The second-order valence-corrected chi connectivity index (χ2v) is 19.2. The van der Waals surface area contributed by atoms with E-state index in [1.165, 1.54) is 24.3 Å². The number of ether oxygens (including phenoxy) is 1. The van der Waals surface area contributed by atoms with Crippen LogP contribution in [0.15, 0.2) is 82.8 Å². The van der Waals surface area contributed by atoms with Gasteiger partial charge >= 0.3 is 0 Å². The molecule has 0 aliphatic rings. The van der Waals surface area contributed by atoms with Crippen LogP contribution in [0.1, 0.15) is 151 Å². The Morgan fingerprint density at radius 1 is 0.565 bits per heavy atom. The number of rotatable bonds is 9. The van der Waals surface area contributed by atoms with E-state index >= 15 is 0 Å². The molecule has 0 saturated heterocycles. The predicted octanol–water partition coefficient (Wildman–Crippen LogP) is 9.01. The molecule has 0 unspecified atom stereocenters. The Morgan fingerprint density at radius 3 is 1.10 bits per heavy atom. The van der Waals surface area contributed by atoms with Gasteiger partial charge < -0.3 is 34.8 Å². The molecule has 0 spiro atoms. The second-order valence-electron chi connectivity index (χ2n) is 18.3. The smallest absolute Gasteiger partial charge is 0.0715 e. The Balaban J connectivity index is 0.00000115. The van der Waals surface area contributed by atoms with Crippen LogP contribution in [0.3, 0.4) is 0 Å². The zero-order chi connectivity index (χ0) is 46.9. The minimum atomic E-state index is -1.21. The Kier molecular flexibility index (Phi) is 24.1. The van der Waals surface area contributed by atoms with Crippen molar-refractivity contribution in [1.82, 2.24) is 0 Å². The molecule has 0 N–H and O–H groups in total. The van der Waals surface area contributed by atoms with Crippen LogP contribution >= 0.6 is 23.2 Å². The van der Waals surface area contributed by atoms with Crippen molar-refractivity contribution in [3.63, 3.8) is 0 Å². The quantitative estimate of drug-likeness (QED) is 0.0920. The van der Waals surface area contributed by atoms with Crippen molar-refractivity contribution in [1.29, 1.82) is 0 Å². The number of carboxylic acid groups (broad SMARTS) is 2. The van der Waals surface area contributed by atoms with Crippen LogP contribution in [0.25, 0.3) is 0 Å². The van der Waals surface area contributed by atoms with Crippen molar-refractivity contribution in [3.8, 4) is 11.5 Å². The average Bonchev–Trinajstić information content (AvgIpc) is 3.13. The molecule has 9 nitrogen and oxygen atoms in total. The number of carboxylic acids is 2. The van der Waals surface area contributed by atoms with Gasteiger partial charge in [0, 0.05) is 52.8 Å². The summed E-state index contributed by atoms with van der Waals surface area (Å²) in [4.78, 5) is 29.4. The largest absolute Gasteiger partial charge is 0.872 e. The molecule has 4 rings (SSSR count). The molecule has 0 aromatic heterocycles. The van der Waals surface area contributed by atoms with E-state index in [1.807, 2.05) is 38.1 Å². The fourth-order valence-corrected chi connectivity index (χ4v) is 5.73. The summed E-state index contributed by atoms with van der Waals surface area (Å²) in [6, 6.07) is 19.9. The summed E-state index contributed by atoms with van der Waals surface area (Å²) in [5, 5.41) is 47.4. The summed E-state index contributed by atoms with van der Waals surface area (Å²) in [6.45, 7) is 31.9. The Hall–Kier alpha value is -4.18. The van der Waals surface area contributed by atoms with Gasteiger partial charge in [-0.15, -0.1) is 0 Å². The first-order chi connectivity index (χ1) is 28.0. The summed E-state index contributed by atoms with van der Waals surface area (Å²) in [5.74, 6) is -2.34. The van der Waals surface area contributed by atoms with Crippen LogP contribution < -0.4 is 20.4 Å².